The van der Waals surface area contributed by atoms with Crippen LogP contribution in [-0.2, 0) is 0 Å². The van der Waals surface area contributed by atoms with Crippen LogP contribution >= 0.6 is 0 Å². The van der Waals surface area contributed by atoms with Crippen molar-refractivity contribution >= 4 is 0 Å². The number of hydrogen-bond acceptors (Lipinski definition) is 2. The van der Waals surface area contributed by atoms with E-state index in [4.69, 9.17) is 0 Å². The molecule has 14 heavy (non-hydrogen) atoms. The predicted octanol–water partition coefficient (Wildman–Crippen LogP) is 2.00. The minimum atomic E-state index is 0.788. The van der Waals surface area contributed by atoms with Crippen molar-refractivity contribution in [3.05, 3.63) is 0 Å². The number of rotatable bonds is 2. The maximum absolute atomic E-state index is 3.60. The Kier molecular flexibility index (Phi) is 3.82. The van der Waals surface area contributed by atoms with Gasteiger partial charge in [-0.25, -0.2) is 0 Å². The molecule has 2 atom stereocenters. The Labute approximate surface area is 88.1 Å². The van der Waals surface area contributed by atoms with Crippen molar-refractivity contribution < 1.29 is 0 Å². The molecule has 0 saturated carbocycles. The summed E-state index contributed by atoms with van der Waals surface area (Å²) in [6, 6.07) is 1.61. The Bertz CT molecular complexity index is 164. The van der Waals surface area contributed by atoms with Crippen LogP contribution in [0.2, 0.25) is 0 Å². The fourth-order valence-corrected chi connectivity index (χ4v) is 2.80. The van der Waals surface area contributed by atoms with Gasteiger partial charge in [0.2, 0.25) is 0 Å². The quantitative estimate of drug-likeness (QED) is 0.727. The van der Waals surface area contributed by atoms with Gasteiger partial charge in [-0.1, -0.05) is 12.8 Å². The van der Waals surface area contributed by atoms with Crippen molar-refractivity contribution in [1.29, 1.82) is 0 Å². The molecule has 0 spiro atoms. The van der Waals surface area contributed by atoms with Crippen LogP contribution in [-0.4, -0.2) is 36.6 Å². The standard InChI is InChI=1S/C12H24N2/c1-11-6-3-2-4-9-14(11)10-12-7-5-8-13-12/h11-13H,2-10H2,1H3. The maximum Gasteiger partial charge on any atom is 0.0195 e. The largest absolute Gasteiger partial charge is 0.313 e. The maximum atomic E-state index is 3.60. The van der Waals surface area contributed by atoms with Crippen LogP contribution in [0.25, 0.3) is 0 Å². The molecule has 1 N–H and O–H groups in total. The molecule has 0 aromatic heterocycles. The fourth-order valence-electron chi connectivity index (χ4n) is 2.80. The molecule has 82 valence electrons. The second-order valence-corrected chi connectivity index (χ2v) is 4.99. The molecule has 2 rings (SSSR count). The molecule has 2 heterocycles. The first-order valence-corrected chi connectivity index (χ1v) is 6.33. The third-order valence-corrected chi connectivity index (χ3v) is 3.81. The highest BCUT2D eigenvalue weighted by Gasteiger charge is 2.22. The molecule has 0 aliphatic carbocycles. The van der Waals surface area contributed by atoms with Crippen LogP contribution in [0.15, 0.2) is 0 Å². The third kappa shape index (κ3) is 2.71. The minimum Gasteiger partial charge on any atom is -0.313 e. The molecule has 0 amide bonds. The van der Waals surface area contributed by atoms with Gasteiger partial charge in [0, 0.05) is 18.6 Å². The van der Waals surface area contributed by atoms with Crippen molar-refractivity contribution in [1.82, 2.24) is 10.2 Å². The van der Waals surface area contributed by atoms with E-state index >= 15 is 0 Å². The van der Waals surface area contributed by atoms with Gasteiger partial charge >= 0.3 is 0 Å². The van der Waals surface area contributed by atoms with Crippen LogP contribution in [0.3, 0.4) is 0 Å². The molecule has 0 radical (unpaired) electrons. The molecular formula is C12H24N2. The van der Waals surface area contributed by atoms with Gasteiger partial charge < -0.3 is 5.32 Å². The molecular weight excluding hydrogens is 172 g/mol. The Morgan fingerprint density at radius 3 is 2.86 bits per heavy atom. The SMILES string of the molecule is CC1CCCCCN1CC1CCCN1. The molecule has 2 unspecified atom stereocenters. The van der Waals surface area contributed by atoms with E-state index in [1.54, 1.807) is 0 Å². The summed E-state index contributed by atoms with van der Waals surface area (Å²) in [5, 5.41) is 3.60. The Hall–Kier alpha value is -0.0800. The smallest absolute Gasteiger partial charge is 0.0195 e. The lowest BCUT2D eigenvalue weighted by Crippen LogP contribution is -2.42. The normalized spacial score (nSPS) is 35.8. The van der Waals surface area contributed by atoms with Crippen molar-refractivity contribution in [3.8, 4) is 0 Å². The van der Waals surface area contributed by atoms with E-state index in [1.807, 2.05) is 0 Å². The number of nitrogens with one attached hydrogen (secondary N) is 1. The topological polar surface area (TPSA) is 15.3 Å². The van der Waals surface area contributed by atoms with E-state index in [9.17, 15) is 0 Å². The summed E-state index contributed by atoms with van der Waals surface area (Å²) >= 11 is 0. The summed E-state index contributed by atoms with van der Waals surface area (Å²) in [7, 11) is 0. The zero-order valence-electron chi connectivity index (χ0n) is 9.47. The van der Waals surface area contributed by atoms with Crippen LogP contribution < -0.4 is 5.32 Å². The lowest BCUT2D eigenvalue weighted by atomic mass is 10.1. The van der Waals surface area contributed by atoms with Crippen molar-refractivity contribution in [3.63, 3.8) is 0 Å². The molecule has 2 saturated heterocycles. The predicted molar refractivity (Wildman–Crippen MR) is 60.5 cm³/mol. The van der Waals surface area contributed by atoms with E-state index in [0.29, 0.717) is 0 Å². The van der Waals surface area contributed by atoms with Gasteiger partial charge in [0.25, 0.3) is 0 Å². The van der Waals surface area contributed by atoms with Crippen molar-refractivity contribution in [2.24, 2.45) is 0 Å². The van der Waals surface area contributed by atoms with Crippen LogP contribution in [0.5, 0.6) is 0 Å². The Morgan fingerprint density at radius 1 is 1.14 bits per heavy atom. The highest BCUT2D eigenvalue weighted by molar-refractivity contribution is 4.81. The lowest BCUT2D eigenvalue weighted by molar-refractivity contribution is 0.195. The molecule has 2 aliphatic heterocycles. The summed E-state index contributed by atoms with van der Waals surface area (Å²) in [4.78, 5) is 2.70. The Balaban J connectivity index is 1.81. The zero-order chi connectivity index (χ0) is 9.80. The summed E-state index contributed by atoms with van der Waals surface area (Å²) in [6.45, 7) is 6.27. The second-order valence-electron chi connectivity index (χ2n) is 4.99. The van der Waals surface area contributed by atoms with E-state index in [2.05, 4.69) is 17.1 Å². The van der Waals surface area contributed by atoms with Gasteiger partial charge in [0.1, 0.15) is 0 Å². The fraction of sp³-hybridized carbons (Fsp3) is 1.00. The van der Waals surface area contributed by atoms with Crippen molar-refractivity contribution in [2.75, 3.05) is 19.6 Å². The first kappa shape index (κ1) is 10.4. The van der Waals surface area contributed by atoms with E-state index < -0.39 is 0 Å². The zero-order valence-corrected chi connectivity index (χ0v) is 9.47. The van der Waals surface area contributed by atoms with Crippen LogP contribution in [0, 0.1) is 0 Å². The highest BCUT2D eigenvalue weighted by atomic mass is 15.2. The first-order valence-electron chi connectivity index (χ1n) is 6.33. The summed E-state index contributed by atoms with van der Waals surface area (Å²) in [6.07, 6.45) is 8.48. The minimum absolute atomic E-state index is 0.788. The number of nitrogens with zero attached hydrogens (tertiary/aromatic N) is 1. The summed E-state index contributed by atoms with van der Waals surface area (Å²) in [5.41, 5.74) is 0. The van der Waals surface area contributed by atoms with Crippen LogP contribution in [0.4, 0.5) is 0 Å². The average Bonchev–Trinajstić information content (AvgIpc) is 2.60. The average molecular weight is 196 g/mol. The Morgan fingerprint density at radius 2 is 2.07 bits per heavy atom. The van der Waals surface area contributed by atoms with Gasteiger partial charge in [0.05, 0.1) is 0 Å². The van der Waals surface area contributed by atoms with E-state index in [-0.39, 0.29) is 0 Å². The monoisotopic (exact) mass is 196 g/mol. The second kappa shape index (κ2) is 5.13. The first-order chi connectivity index (χ1) is 6.86. The summed E-state index contributed by atoms with van der Waals surface area (Å²) < 4.78 is 0. The van der Waals surface area contributed by atoms with Crippen LogP contribution in [0.1, 0.15) is 45.4 Å². The van der Waals surface area contributed by atoms with Gasteiger partial charge in [0.15, 0.2) is 0 Å². The van der Waals surface area contributed by atoms with E-state index in [1.165, 1.54) is 58.2 Å². The van der Waals surface area contributed by atoms with Gasteiger partial charge in [-0.3, -0.25) is 4.90 Å². The third-order valence-electron chi connectivity index (χ3n) is 3.81. The van der Waals surface area contributed by atoms with Crippen molar-refractivity contribution in [2.45, 2.75) is 57.5 Å². The van der Waals surface area contributed by atoms with E-state index in [0.717, 1.165) is 12.1 Å². The van der Waals surface area contributed by atoms with Gasteiger partial charge in [-0.05, 0) is 45.7 Å². The molecule has 0 aromatic rings. The number of likely N-dealkylation sites (tertiary alicyclic amines) is 1. The molecule has 0 bridgehead atoms. The molecule has 2 aliphatic rings. The molecule has 2 heteroatoms. The molecule has 0 aromatic carbocycles. The lowest BCUT2D eigenvalue weighted by Gasteiger charge is -2.29. The molecule has 2 fully saturated rings. The number of hydrogen-bond donors (Lipinski definition) is 1. The molecule has 2 nitrogen and oxygen atoms in total. The summed E-state index contributed by atoms with van der Waals surface area (Å²) in [5.74, 6) is 0. The van der Waals surface area contributed by atoms with Gasteiger partial charge in [-0.2, -0.15) is 0 Å². The highest BCUT2D eigenvalue weighted by Crippen LogP contribution is 2.18. The van der Waals surface area contributed by atoms with Gasteiger partial charge in [-0.15, -0.1) is 0 Å².